The van der Waals surface area contributed by atoms with Crippen LogP contribution in [0, 0.1) is 0 Å². The van der Waals surface area contributed by atoms with Crippen molar-refractivity contribution in [1.82, 2.24) is 10.2 Å². The van der Waals surface area contributed by atoms with Crippen LogP contribution in [0.2, 0.25) is 0 Å². The van der Waals surface area contributed by atoms with Crippen LogP contribution in [0.25, 0.3) is 0 Å². The van der Waals surface area contributed by atoms with E-state index < -0.39 is 16.9 Å². The van der Waals surface area contributed by atoms with Gasteiger partial charge in [-0.3, -0.25) is 9.59 Å². The van der Waals surface area contributed by atoms with E-state index >= 15 is 0 Å². The van der Waals surface area contributed by atoms with E-state index in [0.29, 0.717) is 25.4 Å². The van der Waals surface area contributed by atoms with E-state index in [9.17, 15) is 9.59 Å². The maximum absolute atomic E-state index is 13.2. The van der Waals surface area contributed by atoms with Crippen molar-refractivity contribution in [3.8, 4) is 11.5 Å². The van der Waals surface area contributed by atoms with Crippen LogP contribution in [0.3, 0.4) is 0 Å². The standard InChI is InChI=1S/C45H72Cl2N2O4/c1-3-5-6-7-8-9-10-11-12-13-14-15-16-17-18-19-20-21-22-23-24-25-29-32-42(50)48-44(49(37-38-52-4-2)45(51)43(46)47)39-33-35-41(36-34-39)53-40-30-27-26-28-31-40/h26-28,30-31,33-36,43-44H,3-25,29,32,37-38H2,1-2H3,(H,48,50). The Balaban J connectivity index is 1.61. The average molecular weight is 776 g/mol. The predicted molar refractivity (Wildman–Crippen MR) is 224 cm³/mol. The summed E-state index contributed by atoms with van der Waals surface area (Å²) >= 11 is 12.1. The van der Waals surface area contributed by atoms with Crippen molar-refractivity contribution in [2.45, 2.75) is 179 Å². The van der Waals surface area contributed by atoms with E-state index in [2.05, 4.69) is 12.2 Å². The largest absolute Gasteiger partial charge is 0.457 e. The van der Waals surface area contributed by atoms with Crippen LogP contribution < -0.4 is 10.1 Å². The van der Waals surface area contributed by atoms with Crippen LogP contribution in [0.1, 0.15) is 180 Å². The molecule has 2 rings (SSSR count). The summed E-state index contributed by atoms with van der Waals surface area (Å²) in [6.07, 6.45) is 30.4. The fourth-order valence-electron chi connectivity index (χ4n) is 6.78. The van der Waals surface area contributed by atoms with Gasteiger partial charge in [0.2, 0.25) is 5.91 Å². The smallest absolute Gasteiger partial charge is 0.257 e. The molecule has 8 heteroatoms. The number of carbonyl (C=O) groups is 2. The summed E-state index contributed by atoms with van der Waals surface area (Å²) in [5.41, 5.74) is 0.724. The van der Waals surface area contributed by atoms with Crippen molar-refractivity contribution in [3.63, 3.8) is 0 Å². The van der Waals surface area contributed by atoms with E-state index in [0.717, 1.165) is 30.6 Å². The maximum Gasteiger partial charge on any atom is 0.257 e. The third kappa shape index (κ3) is 23.3. The van der Waals surface area contributed by atoms with E-state index in [1.54, 1.807) is 0 Å². The molecule has 0 saturated carbocycles. The maximum atomic E-state index is 13.2. The van der Waals surface area contributed by atoms with Crippen LogP contribution in [0.5, 0.6) is 11.5 Å². The number of amides is 2. The highest BCUT2D eigenvalue weighted by atomic mass is 35.5. The van der Waals surface area contributed by atoms with E-state index in [-0.39, 0.29) is 12.5 Å². The van der Waals surface area contributed by atoms with Crippen molar-refractivity contribution in [3.05, 3.63) is 60.2 Å². The van der Waals surface area contributed by atoms with E-state index in [1.165, 1.54) is 133 Å². The number of para-hydroxylation sites is 1. The Morgan fingerprint density at radius 1 is 0.604 bits per heavy atom. The second-order valence-corrected chi connectivity index (χ2v) is 15.6. The normalized spacial score (nSPS) is 11.9. The van der Waals surface area contributed by atoms with Crippen LogP contribution >= 0.6 is 23.2 Å². The van der Waals surface area contributed by atoms with Gasteiger partial charge in [-0.05, 0) is 43.2 Å². The number of halogens is 2. The van der Waals surface area contributed by atoms with E-state index in [4.69, 9.17) is 32.7 Å². The number of nitrogens with one attached hydrogen (secondary N) is 1. The summed E-state index contributed by atoms with van der Waals surface area (Å²) in [4.78, 5) is 26.6. The van der Waals surface area contributed by atoms with Gasteiger partial charge in [0.15, 0.2) is 4.84 Å². The molecule has 0 aliphatic heterocycles. The lowest BCUT2D eigenvalue weighted by Crippen LogP contribution is -2.47. The first kappa shape index (κ1) is 46.9. The zero-order chi connectivity index (χ0) is 38.2. The number of rotatable bonds is 34. The second-order valence-electron chi connectivity index (χ2n) is 14.5. The molecule has 2 aromatic rings. The SMILES string of the molecule is CCCCCCCCCCCCCCCCCCCCCCCCCC(=O)NC(c1ccc(Oc2ccccc2)cc1)N(CCOCC)C(=O)C(Cl)Cl. The van der Waals surface area contributed by atoms with Crippen LogP contribution in [0.15, 0.2) is 54.6 Å². The molecule has 0 spiro atoms. The minimum Gasteiger partial charge on any atom is -0.457 e. The highest BCUT2D eigenvalue weighted by Gasteiger charge is 2.30. The molecule has 1 unspecified atom stereocenters. The summed E-state index contributed by atoms with van der Waals surface area (Å²) in [5.74, 6) is 0.775. The highest BCUT2D eigenvalue weighted by Crippen LogP contribution is 2.27. The Kier molecular flexibility index (Phi) is 28.3. The summed E-state index contributed by atoms with van der Waals surface area (Å²) in [5, 5.41) is 3.08. The molecule has 0 heterocycles. The number of ether oxygens (including phenoxy) is 2. The molecule has 6 nitrogen and oxygen atoms in total. The van der Waals surface area contributed by atoms with Gasteiger partial charge < -0.3 is 19.7 Å². The third-order valence-corrected chi connectivity index (χ3v) is 10.3. The molecule has 0 aliphatic rings. The molecule has 300 valence electrons. The zero-order valence-electron chi connectivity index (χ0n) is 33.3. The number of alkyl halides is 2. The van der Waals surface area contributed by atoms with Crippen molar-refractivity contribution < 1.29 is 19.1 Å². The molecule has 2 amide bonds. The molecular formula is C45H72Cl2N2O4. The number of nitrogens with zero attached hydrogens (tertiary/aromatic N) is 1. The summed E-state index contributed by atoms with van der Waals surface area (Å²) in [6, 6.07) is 16.9. The molecular weight excluding hydrogens is 703 g/mol. The monoisotopic (exact) mass is 774 g/mol. The van der Waals surface area contributed by atoms with Crippen molar-refractivity contribution in [1.29, 1.82) is 0 Å². The van der Waals surface area contributed by atoms with Gasteiger partial charge in [0, 0.05) is 19.6 Å². The van der Waals surface area contributed by atoms with E-state index in [1.807, 2.05) is 61.5 Å². The lowest BCUT2D eigenvalue weighted by molar-refractivity contribution is -0.135. The number of unbranched alkanes of at least 4 members (excludes halogenated alkanes) is 22. The molecule has 0 aliphatic carbocycles. The lowest BCUT2D eigenvalue weighted by Gasteiger charge is -2.33. The topological polar surface area (TPSA) is 67.9 Å². The molecule has 0 aromatic heterocycles. The molecule has 53 heavy (non-hydrogen) atoms. The van der Waals surface area contributed by atoms with Gasteiger partial charge in [-0.2, -0.15) is 0 Å². The van der Waals surface area contributed by atoms with Crippen LogP contribution in [-0.4, -0.2) is 41.3 Å². The summed E-state index contributed by atoms with van der Waals surface area (Å²) in [6.45, 7) is 5.22. The Labute approximate surface area is 333 Å². The molecule has 1 N–H and O–H groups in total. The van der Waals surface area contributed by atoms with Crippen molar-refractivity contribution >= 4 is 35.0 Å². The first-order chi connectivity index (χ1) is 26.0. The molecule has 0 saturated heterocycles. The molecule has 2 aromatic carbocycles. The summed E-state index contributed by atoms with van der Waals surface area (Å²) in [7, 11) is 0. The fourth-order valence-corrected chi connectivity index (χ4v) is 7.03. The van der Waals surface area contributed by atoms with Gasteiger partial charge in [0.25, 0.3) is 5.91 Å². The molecule has 1 atom stereocenters. The van der Waals surface area contributed by atoms with Gasteiger partial charge in [-0.25, -0.2) is 0 Å². The van der Waals surface area contributed by atoms with Crippen LogP contribution in [-0.2, 0) is 14.3 Å². The third-order valence-electron chi connectivity index (χ3n) is 9.94. The van der Waals surface area contributed by atoms with Gasteiger partial charge in [0.05, 0.1) is 6.61 Å². The Morgan fingerprint density at radius 3 is 1.47 bits per heavy atom. The van der Waals surface area contributed by atoms with Crippen LogP contribution in [0.4, 0.5) is 0 Å². The highest BCUT2D eigenvalue weighted by molar-refractivity contribution is 6.53. The minimum atomic E-state index is -1.26. The first-order valence-electron chi connectivity index (χ1n) is 21.2. The number of benzene rings is 2. The van der Waals surface area contributed by atoms with Gasteiger partial charge in [-0.1, -0.05) is 202 Å². The van der Waals surface area contributed by atoms with Gasteiger partial charge in [-0.15, -0.1) is 0 Å². The first-order valence-corrected chi connectivity index (χ1v) is 22.1. The Bertz CT molecular complexity index is 1160. The number of hydrogen-bond acceptors (Lipinski definition) is 4. The zero-order valence-corrected chi connectivity index (χ0v) is 34.8. The molecule has 0 radical (unpaired) electrons. The Hall–Kier alpha value is -2.28. The molecule has 0 bridgehead atoms. The predicted octanol–water partition coefficient (Wildman–Crippen LogP) is 13.6. The van der Waals surface area contributed by atoms with Crippen molar-refractivity contribution in [2.24, 2.45) is 0 Å². The quantitative estimate of drug-likeness (QED) is 0.0437. The number of carbonyl (C=O) groups excluding carboxylic acids is 2. The average Bonchev–Trinajstić information content (AvgIpc) is 3.16. The van der Waals surface area contributed by atoms with Gasteiger partial charge >= 0.3 is 0 Å². The van der Waals surface area contributed by atoms with Gasteiger partial charge in [0.1, 0.15) is 17.7 Å². The minimum absolute atomic E-state index is 0.113. The molecule has 0 fully saturated rings. The lowest BCUT2D eigenvalue weighted by atomic mass is 10.0. The van der Waals surface area contributed by atoms with Crippen molar-refractivity contribution in [2.75, 3.05) is 19.8 Å². The second kappa shape index (κ2) is 32.0. The summed E-state index contributed by atoms with van der Waals surface area (Å²) < 4.78 is 11.5. The Morgan fingerprint density at radius 2 is 1.04 bits per heavy atom. The fraction of sp³-hybridized carbons (Fsp3) is 0.689. The number of hydrogen-bond donors (Lipinski definition) is 1.